The fourth-order valence-corrected chi connectivity index (χ4v) is 4.91. The molecular formula is C27H25ClF2N10O3. The Morgan fingerprint density at radius 2 is 1.86 bits per heavy atom. The number of nitrogens with zero attached hydrogens (tertiary/aromatic N) is 8. The number of aromatic nitrogens is 7. The maximum absolute atomic E-state index is 13.0. The third-order valence-corrected chi connectivity index (χ3v) is 7.09. The van der Waals surface area contributed by atoms with E-state index in [0.717, 1.165) is 0 Å². The number of carbonyl (C=O) groups is 1. The van der Waals surface area contributed by atoms with E-state index in [1.165, 1.54) is 24.4 Å². The van der Waals surface area contributed by atoms with Gasteiger partial charge in [-0.25, -0.2) is 38.5 Å². The second-order valence-electron chi connectivity index (χ2n) is 9.51. The Morgan fingerprint density at radius 1 is 1.12 bits per heavy atom. The van der Waals surface area contributed by atoms with Crippen molar-refractivity contribution >= 4 is 29.5 Å². The maximum Gasteiger partial charge on any atom is 0.415 e. The third kappa shape index (κ3) is 6.92. The number of halogens is 3. The minimum absolute atomic E-state index is 0.0568. The predicted molar refractivity (Wildman–Crippen MR) is 151 cm³/mol. The molecule has 0 radical (unpaired) electrons. The number of anilines is 2. The number of H-pyrrole nitrogens is 1. The summed E-state index contributed by atoms with van der Waals surface area (Å²) in [4.78, 5) is 35.7. The second-order valence-corrected chi connectivity index (χ2v) is 9.92. The van der Waals surface area contributed by atoms with Crippen molar-refractivity contribution in [2.75, 3.05) is 23.9 Å². The average Bonchev–Trinajstić information content (AvgIpc) is 3.47. The monoisotopic (exact) mass is 610 g/mol. The lowest BCUT2D eigenvalue weighted by atomic mass is 9.90. The molecule has 4 aromatic rings. The van der Waals surface area contributed by atoms with E-state index in [0.29, 0.717) is 59.2 Å². The van der Waals surface area contributed by atoms with Gasteiger partial charge in [0.25, 0.3) is 6.43 Å². The van der Waals surface area contributed by atoms with Crippen LogP contribution in [0.2, 0.25) is 5.02 Å². The first-order chi connectivity index (χ1) is 20.9. The Bertz CT molecular complexity index is 1590. The van der Waals surface area contributed by atoms with Gasteiger partial charge in [0.2, 0.25) is 5.95 Å². The minimum Gasteiger partial charge on any atom is -0.467 e. The lowest BCUT2D eigenvalue weighted by molar-refractivity contribution is 0.0505. The lowest BCUT2D eigenvalue weighted by Gasteiger charge is -2.36. The van der Waals surface area contributed by atoms with E-state index in [4.69, 9.17) is 21.1 Å². The predicted octanol–water partition coefficient (Wildman–Crippen LogP) is 4.88. The molecule has 2 N–H and O–H groups in total. The van der Waals surface area contributed by atoms with Crippen molar-refractivity contribution in [3.8, 4) is 34.6 Å². The van der Waals surface area contributed by atoms with Gasteiger partial charge >= 0.3 is 12.1 Å². The molecule has 0 aliphatic heterocycles. The molecule has 13 nitrogen and oxygen atoms in total. The Kier molecular flexibility index (Phi) is 9.16. The van der Waals surface area contributed by atoms with Crippen LogP contribution in [0, 0.1) is 11.3 Å². The van der Waals surface area contributed by atoms with Crippen LogP contribution in [-0.2, 0) is 4.74 Å². The molecule has 43 heavy (non-hydrogen) atoms. The fourth-order valence-electron chi connectivity index (χ4n) is 4.73. The maximum atomic E-state index is 13.0. The van der Waals surface area contributed by atoms with Crippen LogP contribution in [0.25, 0.3) is 22.5 Å². The first-order valence-electron chi connectivity index (χ1n) is 13.2. The normalized spacial score (nSPS) is 16.4. The molecular weight excluding hydrogens is 586 g/mol. The van der Waals surface area contributed by atoms with E-state index in [2.05, 4.69) is 40.4 Å². The zero-order valence-electron chi connectivity index (χ0n) is 22.7. The first-order valence-corrected chi connectivity index (χ1v) is 13.5. The number of methoxy groups -OCH3 is 1. The number of hydrogen-bond donors (Lipinski definition) is 2. The van der Waals surface area contributed by atoms with Crippen molar-refractivity contribution in [2.24, 2.45) is 0 Å². The Labute approximate surface area is 249 Å². The summed E-state index contributed by atoms with van der Waals surface area (Å²) >= 11 is 6.18. The van der Waals surface area contributed by atoms with Gasteiger partial charge < -0.3 is 14.8 Å². The molecule has 16 heteroatoms. The van der Waals surface area contributed by atoms with Crippen LogP contribution in [-0.4, -0.2) is 73.4 Å². The smallest absolute Gasteiger partial charge is 0.415 e. The summed E-state index contributed by atoms with van der Waals surface area (Å²) in [6.45, 7) is -1.02. The summed E-state index contributed by atoms with van der Waals surface area (Å²) in [7, 11) is 1.46. The lowest BCUT2D eigenvalue weighted by Crippen LogP contribution is -2.45. The van der Waals surface area contributed by atoms with Gasteiger partial charge in [0.15, 0.2) is 6.61 Å². The molecule has 1 aliphatic rings. The van der Waals surface area contributed by atoms with Crippen molar-refractivity contribution in [3.63, 3.8) is 0 Å². The van der Waals surface area contributed by atoms with Crippen LogP contribution in [0.4, 0.5) is 25.3 Å². The molecule has 0 unspecified atom stereocenters. The summed E-state index contributed by atoms with van der Waals surface area (Å²) < 4.78 is 35.6. The molecule has 0 atom stereocenters. The molecule has 222 valence electrons. The van der Waals surface area contributed by atoms with Crippen LogP contribution in [0.15, 0.2) is 43.1 Å². The number of pyridine rings is 1. The standard InChI is InChI=1S/C27H25ClF2N10O3/c1-42-26-34-11-17(12-35-26)15-2-7-22(32-9-15)40(27(41)43-14-21(29)30)19-5-3-18(4-6-19)37-25-33-10-16(8-31)23(38-25)24-20(28)13-36-39-24/h2,7,9-13,18-19,21H,3-6,14H2,1H3,(H,36,39)(H,33,37,38). The van der Waals surface area contributed by atoms with Crippen molar-refractivity contribution in [2.45, 2.75) is 44.2 Å². The van der Waals surface area contributed by atoms with Gasteiger partial charge in [-0.3, -0.25) is 10.00 Å². The number of alkyl halides is 2. The molecule has 1 aliphatic carbocycles. The highest BCUT2D eigenvalue weighted by Crippen LogP contribution is 2.31. The zero-order chi connectivity index (χ0) is 30.3. The van der Waals surface area contributed by atoms with Crippen LogP contribution in [0.3, 0.4) is 0 Å². The molecule has 0 aromatic carbocycles. The van der Waals surface area contributed by atoms with Crippen molar-refractivity contribution in [1.82, 2.24) is 35.1 Å². The zero-order valence-corrected chi connectivity index (χ0v) is 23.5. The molecule has 0 bridgehead atoms. The summed E-state index contributed by atoms with van der Waals surface area (Å²) in [6, 6.07) is 5.22. The van der Waals surface area contributed by atoms with Crippen LogP contribution in [0.5, 0.6) is 6.01 Å². The topological polar surface area (TPSA) is 168 Å². The number of ether oxygens (including phenoxy) is 2. The Hall–Kier alpha value is -4.97. The van der Waals surface area contributed by atoms with Crippen LogP contribution < -0.4 is 15.0 Å². The van der Waals surface area contributed by atoms with E-state index in [1.807, 2.05) is 6.07 Å². The van der Waals surface area contributed by atoms with E-state index < -0.39 is 19.1 Å². The summed E-state index contributed by atoms with van der Waals surface area (Å²) in [6.07, 6.45) is 6.08. The van der Waals surface area contributed by atoms with Gasteiger partial charge in [-0.15, -0.1) is 0 Å². The van der Waals surface area contributed by atoms with Gasteiger partial charge in [0, 0.05) is 41.8 Å². The molecule has 5 rings (SSSR count). The van der Waals surface area contributed by atoms with Crippen LogP contribution >= 0.6 is 11.6 Å². The number of rotatable bonds is 9. The van der Waals surface area contributed by atoms with Crippen molar-refractivity contribution in [1.29, 1.82) is 5.26 Å². The van der Waals surface area contributed by atoms with Gasteiger partial charge in [0.1, 0.15) is 23.3 Å². The van der Waals surface area contributed by atoms with E-state index >= 15 is 0 Å². The van der Waals surface area contributed by atoms with Gasteiger partial charge in [-0.1, -0.05) is 11.6 Å². The number of amides is 1. The third-order valence-electron chi connectivity index (χ3n) is 6.80. The Balaban J connectivity index is 1.29. The largest absolute Gasteiger partial charge is 0.467 e. The summed E-state index contributed by atoms with van der Waals surface area (Å²) in [5, 5.41) is 19.7. The van der Waals surface area contributed by atoms with Crippen molar-refractivity contribution < 1.29 is 23.0 Å². The number of nitriles is 1. The molecule has 1 fully saturated rings. The highest BCUT2D eigenvalue weighted by Gasteiger charge is 2.32. The number of aromatic amines is 1. The number of carbonyl (C=O) groups excluding carboxylic acids is 1. The summed E-state index contributed by atoms with van der Waals surface area (Å²) in [5.41, 5.74) is 2.33. The molecule has 0 spiro atoms. The van der Waals surface area contributed by atoms with E-state index in [1.54, 1.807) is 30.7 Å². The van der Waals surface area contributed by atoms with E-state index in [-0.39, 0.29) is 29.5 Å². The summed E-state index contributed by atoms with van der Waals surface area (Å²) in [5.74, 6) is 0.571. The first kappa shape index (κ1) is 29.5. The molecule has 1 saturated carbocycles. The van der Waals surface area contributed by atoms with E-state index in [9.17, 15) is 18.8 Å². The SMILES string of the molecule is COc1ncc(-c2ccc(N(C(=O)OCC(F)F)C3CCC(Nc4ncc(C#N)c(-c5[nH]ncc5Cl)n4)CC3)nc2)cn1. The minimum atomic E-state index is -2.80. The number of hydrogen-bond acceptors (Lipinski definition) is 11. The molecule has 0 saturated heterocycles. The van der Waals surface area contributed by atoms with Gasteiger partial charge in [-0.05, 0) is 37.8 Å². The molecule has 4 aromatic heterocycles. The second kappa shape index (κ2) is 13.3. The molecule has 1 amide bonds. The average molecular weight is 611 g/mol. The van der Waals surface area contributed by atoms with Crippen molar-refractivity contribution in [3.05, 3.63) is 53.7 Å². The number of nitrogens with one attached hydrogen (secondary N) is 2. The fraction of sp³-hybridized carbons (Fsp3) is 0.333. The van der Waals surface area contributed by atoms with Gasteiger partial charge in [0.05, 0.1) is 30.1 Å². The van der Waals surface area contributed by atoms with Gasteiger partial charge in [-0.2, -0.15) is 10.4 Å². The highest BCUT2D eigenvalue weighted by molar-refractivity contribution is 6.32. The molecule has 4 heterocycles. The van der Waals surface area contributed by atoms with Crippen LogP contribution in [0.1, 0.15) is 31.2 Å². The Morgan fingerprint density at radius 3 is 2.47 bits per heavy atom. The quantitative estimate of drug-likeness (QED) is 0.265. The highest BCUT2D eigenvalue weighted by atomic mass is 35.5.